The maximum Gasteiger partial charge on any atom is 0.261 e. The van der Waals surface area contributed by atoms with Gasteiger partial charge in [-0.15, -0.1) is 0 Å². The molecule has 0 saturated heterocycles. The maximum atomic E-state index is 14.2. The molecule has 42 heavy (non-hydrogen) atoms. The molecular weight excluding hydrogens is 540 g/mol. The first-order valence-corrected chi connectivity index (χ1v) is 17.8. The van der Waals surface area contributed by atoms with Gasteiger partial charge in [-0.1, -0.05) is 45.7 Å². The molecule has 0 radical (unpaired) electrons. The number of pyridine rings is 2. The zero-order chi connectivity index (χ0) is 29.6. The predicted octanol–water partition coefficient (Wildman–Crippen LogP) is 6.84. The van der Waals surface area contributed by atoms with Crippen LogP contribution >= 0.6 is 0 Å². The van der Waals surface area contributed by atoms with Crippen molar-refractivity contribution in [2.45, 2.75) is 83.2 Å². The molecule has 5 aromatic rings. The highest BCUT2D eigenvalue weighted by molar-refractivity contribution is 6.74. The topological polar surface area (TPSA) is 87.7 Å². The second-order valence-corrected chi connectivity index (χ2v) is 17.9. The lowest BCUT2D eigenvalue weighted by atomic mass is 9.92. The van der Waals surface area contributed by atoms with Gasteiger partial charge in [-0.3, -0.25) is 24.0 Å². The molecule has 1 saturated carbocycles. The van der Waals surface area contributed by atoms with E-state index in [9.17, 15) is 4.79 Å². The molecule has 1 aliphatic rings. The fraction of sp³-hybridized carbons (Fsp3) is 0.424. The lowest BCUT2D eigenvalue weighted by Gasteiger charge is -2.43. The number of fused-ring (bicyclic) bond motifs is 3. The van der Waals surface area contributed by atoms with Crippen LogP contribution in [0.25, 0.3) is 33.1 Å². The number of aryl methyl sites for hydroxylation is 1. The zero-order valence-electron chi connectivity index (χ0n) is 25.5. The van der Waals surface area contributed by atoms with Gasteiger partial charge in [-0.25, -0.2) is 4.98 Å². The maximum absolute atomic E-state index is 14.2. The second kappa shape index (κ2) is 10.9. The minimum absolute atomic E-state index is 0.0130. The number of nitrogens with zero attached hydrogens (tertiary/aromatic N) is 6. The second-order valence-electron chi connectivity index (χ2n) is 13.2. The molecule has 0 amide bonds. The molecule has 4 aromatic heterocycles. The summed E-state index contributed by atoms with van der Waals surface area (Å²) in [4.78, 5) is 28.5. The third-order valence-electron chi connectivity index (χ3n) is 9.22. The molecule has 8 nitrogen and oxygen atoms in total. The van der Waals surface area contributed by atoms with E-state index in [1.54, 1.807) is 17.2 Å². The summed E-state index contributed by atoms with van der Waals surface area (Å²) < 4.78 is 10.5. The normalized spacial score (nSPS) is 18.1. The fourth-order valence-corrected chi connectivity index (χ4v) is 7.24. The van der Waals surface area contributed by atoms with Crippen molar-refractivity contribution >= 4 is 30.1 Å². The number of benzene rings is 1. The minimum Gasteiger partial charge on any atom is -0.412 e. The zero-order valence-corrected chi connectivity index (χ0v) is 26.5. The predicted molar refractivity (Wildman–Crippen MR) is 170 cm³/mol. The van der Waals surface area contributed by atoms with Gasteiger partial charge in [-0.2, -0.15) is 5.10 Å². The number of aromatic nitrogens is 6. The van der Waals surface area contributed by atoms with Crippen LogP contribution in [0, 0.1) is 0 Å². The van der Waals surface area contributed by atoms with Crippen LogP contribution in [0.3, 0.4) is 0 Å². The molecule has 9 heteroatoms. The van der Waals surface area contributed by atoms with Gasteiger partial charge in [0.25, 0.3) is 5.56 Å². The SMILES string of the molecule is Cn1cc(-c2ccc(Cc3cc4c(=O)n([C@H]5CCCC[C@@H]5O[Si](C)(C)C(C)(C)C)cnc4c4ncccc34)cn2)cn1. The van der Waals surface area contributed by atoms with E-state index in [0.717, 1.165) is 59.0 Å². The highest BCUT2D eigenvalue weighted by atomic mass is 28.4. The lowest BCUT2D eigenvalue weighted by molar-refractivity contribution is 0.0824. The molecule has 1 aliphatic carbocycles. The first-order chi connectivity index (χ1) is 20.0. The van der Waals surface area contributed by atoms with Crippen LogP contribution in [0.2, 0.25) is 18.1 Å². The Kier molecular flexibility index (Phi) is 7.35. The van der Waals surface area contributed by atoms with E-state index < -0.39 is 8.32 Å². The van der Waals surface area contributed by atoms with Gasteiger partial charge in [0.1, 0.15) is 5.52 Å². The molecular formula is C33H40N6O2Si. The Morgan fingerprint density at radius 3 is 2.50 bits per heavy atom. The van der Waals surface area contributed by atoms with Crippen LogP contribution in [-0.2, 0) is 17.9 Å². The molecule has 0 N–H and O–H groups in total. The van der Waals surface area contributed by atoms with Crippen molar-refractivity contribution in [3.05, 3.63) is 82.9 Å². The Morgan fingerprint density at radius 1 is 1.00 bits per heavy atom. The van der Waals surface area contributed by atoms with E-state index in [0.29, 0.717) is 17.3 Å². The summed E-state index contributed by atoms with van der Waals surface area (Å²) in [6.07, 6.45) is 13.9. The third-order valence-corrected chi connectivity index (χ3v) is 13.7. The number of hydrogen-bond acceptors (Lipinski definition) is 6. The highest BCUT2D eigenvalue weighted by Crippen LogP contribution is 2.41. The van der Waals surface area contributed by atoms with Crippen molar-refractivity contribution in [2.75, 3.05) is 0 Å². The van der Waals surface area contributed by atoms with E-state index in [-0.39, 0.29) is 22.7 Å². The Balaban J connectivity index is 1.39. The van der Waals surface area contributed by atoms with E-state index in [1.165, 1.54) is 0 Å². The molecule has 2 atom stereocenters. The van der Waals surface area contributed by atoms with Crippen LogP contribution in [0.1, 0.15) is 63.6 Å². The summed E-state index contributed by atoms with van der Waals surface area (Å²) >= 11 is 0. The van der Waals surface area contributed by atoms with E-state index in [2.05, 4.69) is 56.1 Å². The molecule has 0 bridgehead atoms. The molecule has 1 aromatic carbocycles. The summed E-state index contributed by atoms with van der Waals surface area (Å²) in [7, 11) is -0.109. The van der Waals surface area contributed by atoms with Crippen molar-refractivity contribution in [3.63, 3.8) is 0 Å². The summed E-state index contributed by atoms with van der Waals surface area (Å²) in [6, 6.07) is 10.1. The molecule has 4 heterocycles. The van der Waals surface area contributed by atoms with E-state index in [4.69, 9.17) is 14.4 Å². The summed E-state index contributed by atoms with van der Waals surface area (Å²) in [5.41, 5.74) is 5.35. The Hall–Kier alpha value is -3.69. The summed E-state index contributed by atoms with van der Waals surface area (Å²) in [5.74, 6) is 0. The van der Waals surface area contributed by atoms with Crippen molar-refractivity contribution < 1.29 is 4.43 Å². The lowest BCUT2D eigenvalue weighted by Crippen LogP contribution is -2.48. The minimum atomic E-state index is -2.01. The fourth-order valence-electron chi connectivity index (χ4n) is 5.85. The average Bonchev–Trinajstić information content (AvgIpc) is 3.40. The van der Waals surface area contributed by atoms with Gasteiger partial charge in [0.05, 0.1) is 41.3 Å². The van der Waals surface area contributed by atoms with Gasteiger partial charge in [0.2, 0.25) is 0 Å². The Labute approximate surface area is 247 Å². The quantitative estimate of drug-likeness (QED) is 0.161. The standard InChI is InChI=1S/C33H40N6O2Si/c1-33(2,3)42(5,6)41-29-12-8-7-11-28(29)39-21-36-31-26(32(39)40)17-23(25-10-9-15-34-30(25)31)16-22-13-14-27(35-18-22)24-19-37-38(4)20-24/h9-10,13-15,17-21,28-29H,7-8,11-12,16H2,1-6H3/t28-,29-/m0/s1. The largest absolute Gasteiger partial charge is 0.412 e. The van der Waals surface area contributed by atoms with Gasteiger partial charge in [0, 0.05) is 36.6 Å². The smallest absolute Gasteiger partial charge is 0.261 e. The summed E-state index contributed by atoms with van der Waals surface area (Å²) in [6.45, 7) is 11.4. The van der Waals surface area contributed by atoms with Gasteiger partial charge >= 0.3 is 0 Å². The van der Waals surface area contributed by atoms with Crippen LogP contribution in [0.4, 0.5) is 0 Å². The van der Waals surface area contributed by atoms with Crippen molar-refractivity contribution in [3.8, 4) is 11.3 Å². The molecule has 218 valence electrons. The van der Waals surface area contributed by atoms with Crippen molar-refractivity contribution in [1.82, 2.24) is 29.3 Å². The molecule has 0 aliphatic heterocycles. The Morgan fingerprint density at radius 2 is 1.79 bits per heavy atom. The van der Waals surface area contributed by atoms with Gasteiger partial charge in [0.15, 0.2) is 8.32 Å². The molecule has 6 rings (SSSR count). The van der Waals surface area contributed by atoms with Crippen LogP contribution in [0.5, 0.6) is 0 Å². The Bertz CT molecular complexity index is 1800. The van der Waals surface area contributed by atoms with Gasteiger partial charge < -0.3 is 4.43 Å². The van der Waals surface area contributed by atoms with Crippen LogP contribution < -0.4 is 5.56 Å². The molecule has 0 unspecified atom stereocenters. The first-order valence-electron chi connectivity index (χ1n) is 14.9. The van der Waals surface area contributed by atoms with Crippen molar-refractivity contribution in [2.24, 2.45) is 7.05 Å². The third kappa shape index (κ3) is 5.31. The molecule has 0 spiro atoms. The highest BCUT2D eigenvalue weighted by Gasteiger charge is 2.42. The number of rotatable bonds is 6. The number of hydrogen-bond donors (Lipinski definition) is 0. The summed E-state index contributed by atoms with van der Waals surface area (Å²) in [5, 5.41) is 5.97. The van der Waals surface area contributed by atoms with Crippen LogP contribution in [0.15, 0.2) is 66.2 Å². The van der Waals surface area contributed by atoms with Crippen LogP contribution in [-0.4, -0.2) is 43.7 Å². The molecule has 1 fully saturated rings. The first kappa shape index (κ1) is 28.4. The van der Waals surface area contributed by atoms with E-state index in [1.807, 2.05) is 48.4 Å². The van der Waals surface area contributed by atoms with Crippen molar-refractivity contribution in [1.29, 1.82) is 0 Å². The van der Waals surface area contributed by atoms with E-state index >= 15 is 0 Å². The average molecular weight is 581 g/mol. The monoisotopic (exact) mass is 580 g/mol. The van der Waals surface area contributed by atoms with Gasteiger partial charge in [-0.05, 0) is 66.7 Å².